The van der Waals surface area contributed by atoms with Gasteiger partial charge < -0.3 is 5.32 Å². The first-order chi connectivity index (χ1) is 8.15. The van der Waals surface area contributed by atoms with Gasteiger partial charge in [-0.3, -0.25) is 4.79 Å². The van der Waals surface area contributed by atoms with Crippen molar-refractivity contribution in [1.82, 2.24) is 5.32 Å². The van der Waals surface area contributed by atoms with Crippen LogP contribution in [0, 0.1) is 0 Å². The Balaban J connectivity index is 1.78. The molecule has 0 spiro atoms. The highest BCUT2D eigenvalue weighted by atomic mass is 35.5. The molecule has 1 amide bonds. The van der Waals surface area contributed by atoms with Gasteiger partial charge in [-0.2, -0.15) is 0 Å². The van der Waals surface area contributed by atoms with Crippen LogP contribution < -0.4 is 5.32 Å². The fraction of sp³-hybridized carbons (Fsp3) is 0.462. The lowest BCUT2D eigenvalue weighted by atomic mass is 10.2. The molecule has 0 unspecified atom stereocenters. The Kier molecular flexibility index (Phi) is 4.35. The smallest absolute Gasteiger partial charge is 0.233 e. The quantitative estimate of drug-likeness (QED) is 0.889. The van der Waals surface area contributed by atoms with Crippen LogP contribution in [-0.2, 0) is 10.5 Å². The number of hydrogen-bond donors (Lipinski definition) is 1. The molecule has 1 saturated carbocycles. The zero-order chi connectivity index (χ0) is 12.3. The Hall–Kier alpha value is -0.670. The summed E-state index contributed by atoms with van der Waals surface area (Å²) in [6.45, 7) is 1.95. The van der Waals surface area contributed by atoms with Crippen LogP contribution in [0.4, 0.5) is 0 Å². The highest BCUT2D eigenvalue weighted by molar-refractivity contribution is 7.99. The first-order valence-corrected chi connectivity index (χ1v) is 7.24. The molecule has 0 saturated heterocycles. The lowest BCUT2D eigenvalue weighted by Gasteiger charge is -2.11. The number of halogens is 1. The van der Waals surface area contributed by atoms with Gasteiger partial charge in [0.25, 0.3) is 0 Å². The average Bonchev–Trinajstić information content (AvgIpc) is 3.10. The maximum absolute atomic E-state index is 11.7. The molecule has 17 heavy (non-hydrogen) atoms. The Bertz CT molecular complexity index is 406. The minimum absolute atomic E-state index is 0.00502. The van der Waals surface area contributed by atoms with Gasteiger partial charge in [-0.05, 0) is 37.5 Å². The van der Waals surface area contributed by atoms with Gasteiger partial charge in [0, 0.05) is 16.8 Å². The summed E-state index contributed by atoms with van der Waals surface area (Å²) >= 11 is 7.56. The molecule has 1 atom stereocenters. The Morgan fingerprint density at radius 2 is 2.35 bits per heavy atom. The average molecular weight is 270 g/mol. The second-order valence-corrected chi connectivity index (χ2v) is 6.13. The van der Waals surface area contributed by atoms with Crippen molar-refractivity contribution < 1.29 is 4.79 Å². The molecule has 2 nitrogen and oxygen atoms in total. The predicted octanol–water partition coefficient (Wildman–Crippen LogP) is 3.24. The molecule has 92 valence electrons. The van der Waals surface area contributed by atoms with Gasteiger partial charge in [0.05, 0.1) is 5.25 Å². The van der Waals surface area contributed by atoms with Crippen LogP contribution in [0.3, 0.4) is 0 Å². The number of carbonyl (C=O) groups is 1. The highest BCUT2D eigenvalue weighted by Crippen LogP contribution is 2.23. The standard InChI is InChI=1S/C13H16ClNOS/c1-9(13(16)15-12-5-6-12)17-8-10-3-2-4-11(14)7-10/h2-4,7,9,12H,5-6,8H2,1H3,(H,15,16)/t9-/m1/s1. The molecule has 1 aliphatic carbocycles. The van der Waals surface area contributed by atoms with Gasteiger partial charge in [0.1, 0.15) is 0 Å². The van der Waals surface area contributed by atoms with Crippen molar-refractivity contribution in [2.24, 2.45) is 0 Å². The lowest BCUT2D eigenvalue weighted by Crippen LogP contribution is -2.32. The molecule has 2 rings (SSSR count). The summed E-state index contributed by atoms with van der Waals surface area (Å²) in [6.07, 6.45) is 2.27. The first-order valence-electron chi connectivity index (χ1n) is 5.81. The number of hydrogen-bond acceptors (Lipinski definition) is 2. The van der Waals surface area contributed by atoms with Crippen molar-refractivity contribution >= 4 is 29.3 Å². The normalized spacial score (nSPS) is 16.6. The zero-order valence-electron chi connectivity index (χ0n) is 9.78. The summed E-state index contributed by atoms with van der Waals surface area (Å²) in [6, 6.07) is 8.22. The van der Waals surface area contributed by atoms with E-state index in [4.69, 9.17) is 11.6 Å². The second-order valence-electron chi connectivity index (χ2n) is 4.37. The molecule has 1 N–H and O–H groups in total. The Labute approximate surface area is 111 Å². The molecule has 0 heterocycles. The third-order valence-corrected chi connectivity index (χ3v) is 4.13. The first kappa shape index (κ1) is 12.8. The van der Waals surface area contributed by atoms with Crippen LogP contribution in [0.2, 0.25) is 5.02 Å². The summed E-state index contributed by atoms with van der Waals surface area (Å²) in [7, 11) is 0. The van der Waals surface area contributed by atoms with Crippen LogP contribution in [0.1, 0.15) is 25.3 Å². The number of rotatable bonds is 5. The topological polar surface area (TPSA) is 29.1 Å². The van der Waals surface area contributed by atoms with Crippen molar-refractivity contribution in [3.05, 3.63) is 34.9 Å². The van der Waals surface area contributed by atoms with Gasteiger partial charge in [-0.25, -0.2) is 0 Å². The van der Waals surface area contributed by atoms with E-state index < -0.39 is 0 Å². The highest BCUT2D eigenvalue weighted by Gasteiger charge is 2.25. The van der Waals surface area contributed by atoms with E-state index in [0.29, 0.717) is 6.04 Å². The summed E-state index contributed by atoms with van der Waals surface area (Å²) < 4.78 is 0. The zero-order valence-corrected chi connectivity index (χ0v) is 11.4. The molecule has 0 bridgehead atoms. The largest absolute Gasteiger partial charge is 0.352 e. The van der Waals surface area contributed by atoms with E-state index in [-0.39, 0.29) is 11.2 Å². The molecule has 0 aliphatic heterocycles. The van der Waals surface area contributed by atoms with Crippen molar-refractivity contribution in [1.29, 1.82) is 0 Å². The van der Waals surface area contributed by atoms with Crippen molar-refractivity contribution in [2.75, 3.05) is 0 Å². The molecule has 0 aromatic heterocycles. The van der Waals surface area contributed by atoms with E-state index in [1.165, 1.54) is 0 Å². The van der Waals surface area contributed by atoms with Gasteiger partial charge in [0.2, 0.25) is 5.91 Å². The van der Waals surface area contributed by atoms with Crippen LogP contribution >= 0.6 is 23.4 Å². The second kappa shape index (κ2) is 5.78. The Morgan fingerprint density at radius 3 is 3.00 bits per heavy atom. The Morgan fingerprint density at radius 1 is 1.59 bits per heavy atom. The monoisotopic (exact) mass is 269 g/mol. The van der Waals surface area contributed by atoms with E-state index in [1.807, 2.05) is 31.2 Å². The third-order valence-electron chi connectivity index (χ3n) is 2.68. The van der Waals surface area contributed by atoms with Crippen LogP contribution in [0.25, 0.3) is 0 Å². The van der Waals surface area contributed by atoms with E-state index in [1.54, 1.807) is 11.8 Å². The van der Waals surface area contributed by atoms with Crippen LogP contribution in [-0.4, -0.2) is 17.2 Å². The van der Waals surface area contributed by atoms with Crippen molar-refractivity contribution in [3.8, 4) is 0 Å². The minimum Gasteiger partial charge on any atom is -0.352 e. The number of amides is 1. The predicted molar refractivity (Wildman–Crippen MR) is 73.4 cm³/mol. The minimum atomic E-state index is -0.00502. The molecule has 1 fully saturated rings. The molecular formula is C13H16ClNOS. The van der Waals surface area contributed by atoms with Gasteiger partial charge in [-0.1, -0.05) is 23.7 Å². The number of carbonyl (C=O) groups excluding carboxylic acids is 1. The van der Waals surface area contributed by atoms with Crippen molar-refractivity contribution in [3.63, 3.8) is 0 Å². The van der Waals surface area contributed by atoms with Crippen LogP contribution in [0.15, 0.2) is 24.3 Å². The number of thioether (sulfide) groups is 1. The van der Waals surface area contributed by atoms with Gasteiger partial charge in [-0.15, -0.1) is 11.8 Å². The van der Waals surface area contributed by atoms with Gasteiger partial charge in [0.15, 0.2) is 0 Å². The molecule has 1 aliphatic rings. The maximum Gasteiger partial charge on any atom is 0.233 e. The number of nitrogens with one attached hydrogen (secondary N) is 1. The van der Waals surface area contributed by atoms with E-state index in [0.717, 1.165) is 29.2 Å². The maximum atomic E-state index is 11.7. The fourth-order valence-electron chi connectivity index (χ4n) is 1.47. The van der Waals surface area contributed by atoms with Crippen molar-refractivity contribution in [2.45, 2.75) is 36.8 Å². The fourth-order valence-corrected chi connectivity index (χ4v) is 2.52. The third kappa shape index (κ3) is 4.25. The number of benzene rings is 1. The van der Waals surface area contributed by atoms with E-state index in [9.17, 15) is 4.79 Å². The molecule has 1 aromatic rings. The molecule has 4 heteroatoms. The molecular weight excluding hydrogens is 254 g/mol. The summed E-state index contributed by atoms with van der Waals surface area (Å²) in [5.74, 6) is 0.972. The lowest BCUT2D eigenvalue weighted by molar-refractivity contribution is -0.120. The summed E-state index contributed by atoms with van der Waals surface area (Å²) in [5.41, 5.74) is 1.16. The van der Waals surface area contributed by atoms with Crippen LogP contribution in [0.5, 0.6) is 0 Å². The SMILES string of the molecule is C[C@@H](SCc1cccc(Cl)c1)C(=O)NC1CC1. The van der Waals surface area contributed by atoms with E-state index in [2.05, 4.69) is 5.32 Å². The summed E-state index contributed by atoms with van der Waals surface area (Å²) in [5, 5.41) is 3.76. The van der Waals surface area contributed by atoms with Gasteiger partial charge >= 0.3 is 0 Å². The molecule has 1 aromatic carbocycles. The summed E-state index contributed by atoms with van der Waals surface area (Å²) in [4.78, 5) is 11.7. The van der Waals surface area contributed by atoms with E-state index >= 15 is 0 Å². The molecule has 0 radical (unpaired) electrons.